The molecule has 1 aromatic carbocycles. The van der Waals surface area contributed by atoms with Crippen molar-refractivity contribution in [1.29, 1.82) is 0 Å². The maximum atomic E-state index is 5.73. The number of allylic oxidation sites excluding steroid dienone is 1. The van der Waals surface area contributed by atoms with Crippen LogP contribution in [-0.2, 0) is 21.5 Å². The van der Waals surface area contributed by atoms with E-state index in [2.05, 4.69) is 31.2 Å². The van der Waals surface area contributed by atoms with E-state index in [1.54, 1.807) is 0 Å². The van der Waals surface area contributed by atoms with Crippen LogP contribution in [0.4, 0.5) is 0 Å². The van der Waals surface area contributed by atoms with Crippen LogP contribution >= 0.6 is 0 Å². The molecule has 2 aliphatic rings. The Balaban J connectivity index is 2.07. The summed E-state index contributed by atoms with van der Waals surface area (Å²) >= 11 is 0. The highest BCUT2D eigenvalue weighted by molar-refractivity contribution is 5.38. The molecule has 84 valence electrons. The standard InChI is InChI=1S/C14H16O2/c1-11-6-14(9-15-7-11)10-16-8-12-4-2-3-5-13(12)14/h2-5,7H,6,8-10H2,1H3. The molecule has 0 bridgehead atoms. The summed E-state index contributed by atoms with van der Waals surface area (Å²) in [5.41, 5.74) is 4.07. The fourth-order valence-corrected chi connectivity index (χ4v) is 2.83. The van der Waals surface area contributed by atoms with Crippen molar-refractivity contribution >= 4 is 0 Å². The van der Waals surface area contributed by atoms with E-state index in [0.717, 1.165) is 26.2 Å². The van der Waals surface area contributed by atoms with Gasteiger partial charge in [-0.2, -0.15) is 0 Å². The Bertz CT molecular complexity index is 436. The van der Waals surface area contributed by atoms with E-state index in [-0.39, 0.29) is 5.41 Å². The van der Waals surface area contributed by atoms with Crippen molar-refractivity contribution in [3.8, 4) is 0 Å². The van der Waals surface area contributed by atoms with Gasteiger partial charge >= 0.3 is 0 Å². The molecule has 16 heavy (non-hydrogen) atoms. The van der Waals surface area contributed by atoms with Gasteiger partial charge in [-0.05, 0) is 30.0 Å². The highest BCUT2D eigenvalue weighted by Gasteiger charge is 2.39. The quantitative estimate of drug-likeness (QED) is 0.664. The lowest BCUT2D eigenvalue weighted by Crippen LogP contribution is -2.42. The van der Waals surface area contributed by atoms with Gasteiger partial charge in [0.25, 0.3) is 0 Å². The number of hydrogen-bond donors (Lipinski definition) is 0. The Morgan fingerprint density at radius 2 is 2.06 bits per heavy atom. The van der Waals surface area contributed by atoms with Gasteiger partial charge < -0.3 is 9.47 Å². The summed E-state index contributed by atoms with van der Waals surface area (Å²) in [5.74, 6) is 0. The van der Waals surface area contributed by atoms with Crippen LogP contribution in [0.5, 0.6) is 0 Å². The first-order chi connectivity index (χ1) is 7.80. The molecule has 2 nitrogen and oxygen atoms in total. The summed E-state index contributed by atoms with van der Waals surface area (Å²) in [7, 11) is 0. The van der Waals surface area contributed by atoms with Gasteiger partial charge in [0.2, 0.25) is 0 Å². The van der Waals surface area contributed by atoms with Gasteiger partial charge in [0, 0.05) is 0 Å². The largest absolute Gasteiger partial charge is 0.500 e. The third-order valence-corrected chi connectivity index (χ3v) is 3.49. The third-order valence-electron chi connectivity index (χ3n) is 3.49. The normalized spacial score (nSPS) is 28.2. The van der Waals surface area contributed by atoms with E-state index in [1.165, 1.54) is 16.7 Å². The van der Waals surface area contributed by atoms with E-state index in [0.29, 0.717) is 0 Å². The third kappa shape index (κ3) is 1.45. The van der Waals surface area contributed by atoms with Gasteiger partial charge in [-0.25, -0.2) is 0 Å². The second-order valence-electron chi connectivity index (χ2n) is 4.88. The Morgan fingerprint density at radius 1 is 1.19 bits per heavy atom. The Morgan fingerprint density at radius 3 is 2.94 bits per heavy atom. The number of ether oxygens (including phenoxy) is 2. The van der Waals surface area contributed by atoms with Crippen LogP contribution < -0.4 is 0 Å². The molecular formula is C14H16O2. The lowest BCUT2D eigenvalue weighted by Gasteiger charge is -2.40. The van der Waals surface area contributed by atoms with Gasteiger partial charge in [0.15, 0.2) is 0 Å². The average Bonchev–Trinajstić information content (AvgIpc) is 2.30. The van der Waals surface area contributed by atoms with Gasteiger partial charge in [0.1, 0.15) is 0 Å². The van der Waals surface area contributed by atoms with E-state index in [1.807, 2.05) is 6.26 Å². The lowest BCUT2D eigenvalue weighted by atomic mass is 9.73. The minimum atomic E-state index is 0.0493. The van der Waals surface area contributed by atoms with Crippen molar-refractivity contribution in [2.45, 2.75) is 25.4 Å². The van der Waals surface area contributed by atoms with Gasteiger partial charge in [-0.3, -0.25) is 0 Å². The first-order valence-corrected chi connectivity index (χ1v) is 5.74. The molecule has 2 heteroatoms. The Labute approximate surface area is 95.9 Å². The molecule has 0 radical (unpaired) electrons. The average molecular weight is 216 g/mol. The minimum Gasteiger partial charge on any atom is -0.500 e. The van der Waals surface area contributed by atoms with Gasteiger partial charge in [-0.1, -0.05) is 24.3 Å². The predicted octanol–water partition coefficient (Wildman–Crippen LogP) is 2.78. The molecule has 2 heterocycles. The molecule has 3 rings (SSSR count). The highest BCUT2D eigenvalue weighted by atomic mass is 16.5. The molecular weight excluding hydrogens is 200 g/mol. The highest BCUT2D eigenvalue weighted by Crippen LogP contribution is 2.39. The first kappa shape index (κ1) is 9.91. The van der Waals surface area contributed by atoms with Crippen LogP contribution in [0, 0.1) is 0 Å². The second-order valence-corrected chi connectivity index (χ2v) is 4.88. The van der Waals surface area contributed by atoms with E-state index in [4.69, 9.17) is 9.47 Å². The topological polar surface area (TPSA) is 18.5 Å². The first-order valence-electron chi connectivity index (χ1n) is 5.74. The zero-order valence-electron chi connectivity index (χ0n) is 9.53. The molecule has 1 unspecified atom stereocenters. The van der Waals surface area contributed by atoms with Crippen molar-refractivity contribution in [3.63, 3.8) is 0 Å². The van der Waals surface area contributed by atoms with Crippen LogP contribution in [-0.4, -0.2) is 13.2 Å². The van der Waals surface area contributed by atoms with E-state index in [9.17, 15) is 0 Å². The lowest BCUT2D eigenvalue weighted by molar-refractivity contribution is 0.0115. The minimum absolute atomic E-state index is 0.0493. The predicted molar refractivity (Wildman–Crippen MR) is 62.1 cm³/mol. The number of benzene rings is 1. The zero-order valence-corrected chi connectivity index (χ0v) is 9.53. The molecule has 0 N–H and O–H groups in total. The number of hydrogen-bond acceptors (Lipinski definition) is 2. The van der Waals surface area contributed by atoms with Crippen LogP contribution in [0.1, 0.15) is 24.5 Å². The summed E-state index contributed by atoms with van der Waals surface area (Å²) in [5, 5.41) is 0. The summed E-state index contributed by atoms with van der Waals surface area (Å²) < 4.78 is 11.3. The van der Waals surface area contributed by atoms with Gasteiger partial charge in [0.05, 0.1) is 31.5 Å². The molecule has 2 aliphatic heterocycles. The summed E-state index contributed by atoms with van der Waals surface area (Å²) in [6, 6.07) is 8.57. The van der Waals surface area contributed by atoms with Crippen LogP contribution in [0.25, 0.3) is 0 Å². The van der Waals surface area contributed by atoms with Crippen LogP contribution in [0.15, 0.2) is 36.1 Å². The molecule has 0 aliphatic carbocycles. The summed E-state index contributed by atoms with van der Waals surface area (Å²) in [4.78, 5) is 0. The second kappa shape index (κ2) is 3.63. The molecule has 0 saturated carbocycles. The maximum absolute atomic E-state index is 5.73. The molecule has 1 spiro atoms. The SMILES string of the molecule is CC1=COCC2(COCc3ccccc32)C1. The zero-order chi connectivity index (χ0) is 11.0. The summed E-state index contributed by atoms with van der Waals surface area (Å²) in [6.07, 6.45) is 2.92. The molecule has 0 fully saturated rings. The number of rotatable bonds is 0. The monoisotopic (exact) mass is 216 g/mol. The van der Waals surface area contributed by atoms with E-state index >= 15 is 0 Å². The molecule has 0 saturated heterocycles. The van der Waals surface area contributed by atoms with Crippen molar-refractivity contribution < 1.29 is 9.47 Å². The van der Waals surface area contributed by atoms with Crippen molar-refractivity contribution in [2.75, 3.05) is 13.2 Å². The van der Waals surface area contributed by atoms with Crippen LogP contribution in [0.2, 0.25) is 0 Å². The number of fused-ring (bicyclic) bond motifs is 2. The molecule has 1 aromatic rings. The van der Waals surface area contributed by atoms with Crippen molar-refractivity contribution in [3.05, 3.63) is 47.2 Å². The Kier molecular flexibility index (Phi) is 2.25. The van der Waals surface area contributed by atoms with Crippen molar-refractivity contribution in [1.82, 2.24) is 0 Å². The van der Waals surface area contributed by atoms with E-state index < -0.39 is 0 Å². The fourth-order valence-electron chi connectivity index (χ4n) is 2.83. The molecule has 0 aromatic heterocycles. The Hall–Kier alpha value is -1.28. The van der Waals surface area contributed by atoms with Crippen LogP contribution in [0.3, 0.4) is 0 Å². The van der Waals surface area contributed by atoms with Gasteiger partial charge in [-0.15, -0.1) is 0 Å². The molecule has 0 amide bonds. The smallest absolute Gasteiger partial charge is 0.0995 e. The maximum Gasteiger partial charge on any atom is 0.0995 e. The molecule has 1 atom stereocenters. The summed E-state index contributed by atoms with van der Waals surface area (Å²) in [6.45, 7) is 4.37. The fraction of sp³-hybridized carbons (Fsp3) is 0.429. The van der Waals surface area contributed by atoms with Crippen molar-refractivity contribution in [2.24, 2.45) is 0 Å².